The number of hydrogen-bond acceptors (Lipinski definition) is 3. The van der Waals surface area contributed by atoms with Crippen molar-refractivity contribution in [2.75, 3.05) is 4.90 Å². The predicted molar refractivity (Wildman–Crippen MR) is 107 cm³/mol. The van der Waals surface area contributed by atoms with Crippen molar-refractivity contribution in [1.82, 2.24) is 5.43 Å². The number of amides is 2. The van der Waals surface area contributed by atoms with Gasteiger partial charge in [-0.1, -0.05) is 65.8 Å². The van der Waals surface area contributed by atoms with Gasteiger partial charge in [-0.3, -0.25) is 4.90 Å². The van der Waals surface area contributed by atoms with Gasteiger partial charge in [0.1, 0.15) is 0 Å². The number of anilines is 2. The van der Waals surface area contributed by atoms with E-state index >= 15 is 0 Å². The maximum atomic E-state index is 12.9. The van der Waals surface area contributed by atoms with Crippen molar-refractivity contribution in [3.63, 3.8) is 0 Å². The Bertz CT molecular complexity index is 991. The van der Waals surface area contributed by atoms with Crippen LogP contribution in [0.25, 0.3) is 0 Å². The minimum absolute atomic E-state index is 0.339. The van der Waals surface area contributed by atoms with Crippen LogP contribution in [-0.4, -0.2) is 12.2 Å². The Morgan fingerprint density at radius 3 is 2.54 bits per heavy atom. The molecule has 2 amide bonds. The van der Waals surface area contributed by atoms with Gasteiger partial charge in [-0.25, -0.2) is 10.2 Å². The Morgan fingerprint density at radius 1 is 0.962 bits per heavy atom. The fourth-order valence-corrected chi connectivity index (χ4v) is 3.90. The van der Waals surface area contributed by atoms with Gasteiger partial charge in [-0.2, -0.15) is 5.10 Å². The summed E-state index contributed by atoms with van der Waals surface area (Å²) in [5.41, 5.74) is 5.06. The number of carbonyl (C=O) groups excluding carboxylic acids is 1. The minimum Gasteiger partial charge on any atom is -0.259 e. The van der Waals surface area contributed by atoms with Crippen LogP contribution in [0.3, 0.4) is 0 Å². The highest BCUT2D eigenvalue weighted by Gasteiger charge is 2.28. The van der Waals surface area contributed by atoms with Gasteiger partial charge in [0.25, 0.3) is 0 Å². The highest BCUT2D eigenvalue weighted by atomic mass is 35.5. The Morgan fingerprint density at radius 2 is 1.69 bits per heavy atom. The van der Waals surface area contributed by atoms with Crippen LogP contribution in [0, 0.1) is 0 Å². The Hall–Kier alpha value is -2.76. The molecule has 0 radical (unpaired) electrons. The molecule has 0 aliphatic carbocycles. The van der Waals surface area contributed by atoms with Gasteiger partial charge in [-0.05, 0) is 35.9 Å². The fourth-order valence-electron chi connectivity index (χ4n) is 2.70. The number of urea groups is 1. The van der Waals surface area contributed by atoms with E-state index in [1.807, 2.05) is 66.7 Å². The Kier molecular flexibility index (Phi) is 4.65. The van der Waals surface area contributed by atoms with Crippen LogP contribution in [0.5, 0.6) is 0 Å². The summed E-state index contributed by atoms with van der Waals surface area (Å²) in [4.78, 5) is 16.5. The van der Waals surface area contributed by atoms with Crippen LogP contribution < -0.4 is 10.3 Å². The van der Waals surface area contributed by atoms with Crippen LogP contribution in [0.1, 0.15) is 5.56 Å². The highest BCUT2D eigenvalue weighted by molar-refractivity contribution is 7.99. The summed E-state index contributed by atoms with van der Waals surface area (Å²) in [6.07, 6.45) is 1.61. The molecule has 1 aliphatic heterocycles. The van der Waals surface area contributed by atoms with Crippen LogP contribution >= 0.6 is 23.4 Å². The lowest BCUT2D eigenvalue weighted by Gasteiger charge is -2.30. The molecule has 3 aromatic rings. The zero-order chi connectivity index (χ0) is 17.9. The summed E-state index contributed by atoms with van der Waals surface area (Å²) in [6.45, 7) is 0. The van der Waals surface area contributed by atoms with Gasteiger partial charge in [0.2, 0.25) is 0 Å². The number of rotatable bonds is 2. The first-order chi connectivity index (χ1) is 12.7. The van der Waals surface area contributed by atoms with Crippen molar-refractivity contribution in [2.24, 2.45) is 5.10 Å². The second kappa shape index (κ2) is 7.23. The molecule has 4 rings (SSSR count). The van der Waals surface area contributed by atoms with Gasteiger partial charge >= 0.3 is 6.03 Å². The van der Waals surface area contributed by atoms with E-state index < -0.39 is 0 Å². The molecule has 26 heavy (non-hydrogen) atoms. The lowest BCUT2D eigenvalue weighted by molar-refractivity contribution is 0.249. The molecule has 1 heterocycles. The first-order valence-corrected chi connectivity index (χ1v) is 9.16. The quantitative estimate of drug-likeness (QED) is 0.459. The maximum absolute atomic E-state index is 12.9. The molecular weight excluding hydrogens is 366 g/mol. The molecule has 0 aromatic heterocycles. The van der Waals surface area contributed by atoms with E-state index in [9.17, 15) is 4.79 Å². The number of hydrogen-bond donors (Lipinski definition) is 1. The summed E-state index contributed by atoms with van der Waals surface area (Å²) in [5, 5.41) is 4.66. The number of carbonyl (C=O) groups is 1. The number of nitrogens with zero attached hydrogens (tertiary/aromatic N) is 2. The zero-order valence-electron chi connectivity index (χ0n) is 13.6. The summed E-state index contributed by atoms with van der Waals surface area (Å²) in [5.74, 6) is 0. The number of fused-ring (bicyclic) bond motifs is 2. The molecular formula is C20H14ClN3OS. The third-order valence-corrected chi connectivity index (χ3v) is 5.23. The topological polar surface area (TPSA) is 44.7 Å². The van der Waals surface area contributed by atoms with Crippen molar-refractivity contribution < 1.29 is 4.79 Å². The largest absolute Gasteiger partial charge is 0.346 e. The van der Waals surface area contributed by atoms with Gasteiger partial charge in [0.15, 0.2) is 0 Å². The molecule has 4 nitrogen and oxygen atoms in total. The van der Waals surface area contributed by atoms with Gasteiger partial charge in [0, 0.05) is 14.8 Å². The second-order valence-corrected chi connectivity index (χ2v) is 7.12. The lowest BCUT2D eigenvalue weighted by atomic mass is 10.2. The van der Waals surface area contributed by atoms with E-state index in [0.29, 0.717) is 5.02 Å². The second-order valence-electron chi connectivity index (χ2n) is 5.60. The number of halogens is 1. The van der Waals surface area contributed by atoms with Crippen LogP contribution in [0.15, 0.2) is 87.7 Å². The number of nitrogens with one attached hydrogen (secondary N) is 1. The molecule has 0 bridgehead atoms. The van der Waals surface area contributed by atoms with Crippen LogP contribution in [0.2, 0.25) is 5.02 Å². The summed E-state index contributed by atoms with van der Waals surface area (Å²) < 4.78 is 0. The highest BCUT2D eigenvalue weighted by Crippen LogP contribution is 2.48. The van der Waals surface area contributed by atoms with E-state index in [1.165, 1.54) is 0 Å². The predicted octanol–water partition coefficient (Wildman–Crippen LogP) is 5.69. The van der Waals surface area contributed by atoms with Crippen molar-refractivity contribution in [1.29, 1.82) is 0 Å². The number of para-hydroxylation sites is 1. The molecule has 0 atom stereocenters. The first kappa shape index (κ1) is 16.7. The third-order valence-electron chi connectivity index (χ3n) is 3.86. The standard InChI is InChI=1S/C20H14ClN3OS/c21-15-10-11-19-17(12-15)24(16-8-4-5-9-18(16)26-19)20(25)23-22-13-14-6-2-1-3-7-14/h1-13H,(H,23,25)/b22-13+. The Balaban J connectivity index is 1.65. The summed E-state index contributed by atoms with van der Waals surface area (Å²) in [6, 6.07) is 22.6. The normalized spacial score (nSPS) is 12.6. The third kappa shape index (κ3) is 3.31. The minimum atomic E-state index is -0.339. The summed E-state index contributed by atoms with van der Waals surface area (Å²) >= 11 is 7.78. The SMILES string of the molecule is O=C(N/N=C/c1ccccc1)N1c2ccccc2Sc2ccc(Cl)cc21. The fraction of sp³-hybridized carbons (Fsp3) is 0. The molecule has 0 spiro atoms. The van der Waals surface area contributed by atoms with Crippen LogP contribution in [0.4, 0.5) is 16.2 Å². The maximum Gasteiger partial charge on any atom is 0.346 e. The molecule has 1 N–H and O–H groups in total. The number of hydrazone groups is 1. The average Bonchev–Trinajstić information content (AvgIpc) is 2.67. The molecule has 1 aliphatic rings. The van der Waals surface area contributed by atoms with Crippen molar-refractivity contribution in [2.45, 2.75) is 9.79 Å². The monoisotopic (exact) mass is 379 g/mol. The van der Waals surface area contributed by atoms with E-state index in [1.54, 1.807) is 28.9 Å². The van der Waals surface area contributed by atoms with Gasteiger partial charge in [0.05, 0.1) is 17.6 Å². The smallest absolute Gasteiger partial charge is 0.259 e. The molecule has 0 fully saturated rings. The molecule has 0 saturated carbocycles. The van der Waals surface area contributed by atoms with E-state index in [-0.39, 0.29) is 6.03 Å². The molecule has 0 unspecified atom stereocenters. The van der Waals surface area contributed by atoms with E-state index in [0.717, 1.165) is 26.7 Å². The molecule has 0 saturated heterocycles. The lowest BCUT2D eigenvalue weighted by Crippen LogP contribution is -2.35. The van der Waals surface area contributed by atoms with Crippen molar-refractivity contribution in [3.05, 3.63) is 83.4 Å². The van der Waals surface area contributed by atoms with Crippen molar-refractivity contribution in [3.8, 4) is 0 Å². The molecule has 3 aromatic carbocycles. The molecule has 128 valence electrons. The average molecular weight is 380 g/mol. The van der Waals surface area contributed by atoms with Crippen LogP contribution in [-0.2, 0) is 0 Å². The van der Waals surface area contributed by atoms with Crippen molar-refractivity contribution >= 4 is 47.0 Å². The first-order valence-electron chi connectivity index (χ1n) is 7.97. The van der Waals surface area contributed by atoms with Gasteiger partial charge < -0.3 is 0 Å². The van der Waals surface area contributed by atoms with E-state index in [2.05, 4.69) is 10.5 Å². The zero-order valence-corrected chi connectivity index (χ0v) is 15.2. The van der Waals surface area contributed by atoms with Gasteiger partial charge in [-0.15, -0.1) is 0 Å². The summed E-state index contributed by atoms with van der Waals surface area (Å²) in [7, 11) is 0. The van der Waals surface area contributed by atoms with E-state index in [4.69, 9.17) is 11.6 Å². The molecule has 6 heteroatoms. The Labute approximate surface area is 160 Å². The number of benzene rings is 3.